The number of hydrogen-bond donors (Lipinski definition) is 1. The Balaban J connectivity index is 1.67. The molecular weight excluding hydrogens is 270 g/mol. The highest BCUT2D eigenvalue weighted by atomic mass is 79.9. The first-order valence-electron chi connectivity index (χ1n) is 5.67. The highest BCUT2D eigenvalue weighted by Gasteiger charge is 2.20. The molecule has 0 radical (unpaired) electrons. The monoisotopic (exact) mass is 287 g/mol. The van der Waals surface area contributed by atoms with Crippen LogP contribution in [0.3, 0.4) is 0 Å². The number of thiophene rings is 1. The summed E-state index contributed by atoms with van der Waals surface area (Å²) in [6.45, 7) is 4.59. The van der Waals surface area contributed by atoms with E-state index in [1.165, 1.54) is 35.2 Å². The minimum absolute atomic E-state index is 0.920. The summed E-state index contributed by atoms with van der Waals surface area (Å²) in [7, 11) is 0. The molecule has 0 saturated heterocycles. The second kappa shape index (κ2) is 5.46. The molecular formula is C12H18BrNS. The first-order chi connectivity index (χ1) is 7.24. The van der Waals surface area contributed by atoms with E-state index in [0.29, 0.717) is 0 Å². The minimum Gasteiger partial charge on any atom is -0.312 e. The van der Waals surface area contributed by atoms with Crippen molar-refractivity contribution in [3.8, 4) is 0 Å². The Kier molecular flexibility index (Phi) is 4.23. The molecule has 1 aromatic rings. The van der Waals surface area contributed by atoms with Crippen LogP contribution in [0.4, 0.5) is 0 Å². The lowest BCUT2D eigenvalue weighted by atomic mass is 10.1. The summed E-state index contributed by atoms with van der Waals surface area (Å²) in [5, 5.41) is 5.71. The predicted molar refractivity (Wildman–Crippen MR) is 70.2 cm³/mol. The van der Waals surface area contributed by atoms with Gasteiger partial charge in [-0.1, -0.05) is 13.3 Å². The zero-order valence-electron chi connectivity index (χ0n) is 9.13. The van der Waals surface area contributed by atoms with E-state index in [9.17, 15) is 0 Å². The molecule has 0 spiro atoms. The zero-order chi connectivity index (χ0) is 10.7. The second-order valence-corrected chi connectivity index (χ2v) is 6.56. The van der Waals surface area contributed by atoms with Crippen molar-refractivity contribution in [1.82, 2.24) is 5.32 Å². The van der Waals surface area contributed by atoms with Crippen LogP contribution in [-0.2, 0) is 6.54 Å². The molecule has 1 aliphatic carbocycles. The van der Waals surface area contributed by atoms with Gasteiger partial charge in [-0.3, -0.25) is 0 Å². The fraction of sp³-hybridized carbons (Fsp3) is 0.667. The summed E-state index contributed by atoms with van der Waals surface area (Å²) in [5.74, 6) is 1.87. The first-order valence-corrected chi connectivity index (χ1v) is 7.35. The topological polar surface area (TPSA) is 12.0 Å². The fourth-order valence-corrected chi connectivity index (χ4v) is 3.78. The van der Waals surface area contributed by atoms with Crippen molar-refractivity contribution in [2.75, 3.05) is 6.54 Å². The molecule has 2 unspecified atom stereocenters. The molecule has 1 N–H and O–H groups in total. The van der Waals surface area contributed by atoms with Crippen LogP contribution in [0.15, 0.2) is 15.9 Å². The Morgan fingerprint density at radius 3 is 3.00 bits per heavy atom. The molecule has 3 heteroatoms. The third kappa shape index (κ3) is 3.58. The molecule has 1 nitrogen and oxygen atoms in total. The summed E-state index contributed by atoms with van der Waals surface area (Å²) < 4.78 is 1.21. The third-order valence-electron chi connectivity index (χ3n) is 3.16. The molecule has 2 rings (SSSR count). The smallest absolute Gasteiger partial charge is 0.0300 e. The molecule has 1 aromatic heterocycles. The molecule has 15 heavy (non-hydrogen) atoms. The molecule has 2 atom stereocenters. The molecule has 1 saturated carbocycles. The van der Waals surface area contributed by atoms with Gasteiger partial charge in [0.1, 0.15) is 0 Å². The van der Waals surface area contributed by atoms with E-state index in [4.69, 9.17) is 0 Å². The predicted octanol–water partition coefficient (Wildman–Crippen LogP) is 4.04. The van der Waals surface area contributed by atoms with Gasteiger partial charge in [0.25, 0.3) is 0 Å². The van der Waals surface area contributed by atoms with E-state index < -0.39 is 0 Å². The molecule has 0 amide bonds. The van der Waals surface area contributed by atoms with E-state index in [2.05, 4.69) is 39.6 Å². The van der Waals surface area contributed by atoms with Crippen LogP contribution in [0, 0.1) is 11.8 Å². The van der Waals surface area contributed by atoms with E-state index in [1.54, 1.807) is 0 Å². The van der Waals surface area contributed by atoms with Crippen molar-refractivity contribution in [2.24, 2.45) is 11.8 Å². The highest BCUT2D eigenvalue weighted by molar-refractivity contribution is 9.10. The Hall–Kier alpha value is 0.140. The SMILES string of the molecule is CC1CCC(CNCc2cc(Br)cs2)C1. The molecule has 1 aliphatic rings. The van der Waals surface area contributed by atoms with Gasteiger partial charge in [-0.15, -0.1) is 11.3 Å². The maximum absolute atomic E-state index is 3.57. The molecule has 0 aromatic carbocycles. The van der Waals surface area contributed by atoms with Gasteiger partial charge in [0, 0.05) is 21.3 Å². The van der Waals surface area contributed by atoms with Crippen LogP contribution >= 0.6 is 27.3 Å². The zero-order valence-corrected chi connectivity index (χ0v) is 11.5. The van der Waals surface area contributed by atoms with Crippen LogP contribution < -0.4 is 5.32 Å². The van der Waals surface area contributed by atoms with Crippen LogP contribution in [0.1, 0.15) is 31.1 Å². The highest BCUT2D eigenvalue weighted by Crippen LogP contribution is 2.29. The van der Waals surface area contributed by atoms with Gasteiger partial charge >= 0.3 is 0 Å². The molecule has 1 heterocycles. The number of rotatable bonds is 4. The van der Waals surface area contributed by atoms with Crippen molar-refractivity contribution in [3.63, 3.8) is 0 Å². The normalized spacial score (nSPS) is 26.0. The lowest BCUT2D eigenvalue weighted by Gasteiger charge is -2.09. The van der Waals surface area contributed by atoms with E-state index in [-0.39, 0.29) is 0 Å². The number of halogens is 1. The van der Waals surface area contributed by atoms with Gasteiger partial charge in [0.15, 0.2) is 0 Å². The third-order valence-corrected chi connectivity index (χ3v) is 4.86. The van der Waals surface area contributed by atoms with Crippen LogP contribution in [0.2, 0.25) is 0 Å². The number of hydrogen-bond acceptors (Lipinski definition) is 2. The van der Waals surface area contributed by atoms with Gasteiger partial charge in [-0.05, 0) is 53.2 Å². The second-order valence-electron chi connectivity index (χ2n) is 4.65. The Morgan fingerprint density at radius 2 is 2.40 bits per heavy atom. The Morgan fingerprint density at radius 1 is 1.53 bits per heavy atom. The maximum Gasteiger partial charge on any atom is 0.0300 e. The quantitative estimate of drug-likeness (QED) is 0.881. The van der Waals surface area contributed by atoms with E-state index in [1.807, 2.05) is 11.3 Å². The Bertz CT molecular complexity index is 310. The Labute approximate surface area is 104 Å². The van der Waals surface area contributed by atoms with Crippen molar-refractivity contribution in [1.29, 1.82) is 0 Å². The van der Waals surface area contributed by atoms with Crippen LogP contribution in [0.25, 0.3) is 0 Å². The van der Waals surface area contributed by atoms with Crippen molar-refractivity contribution in [2.45, 2.75) is 32.7 Å². The summed E-state index contributed by atoms with van der Waals surface area (Å²) >= 11 is 5.30. The molecule has 0 bridgehead atoms. The van der Waals surface area contributed by atoms with Crippen LogP contribution in [0.5, 0.6) is 0 Å². The maximum atomic E-state index is 3.57. The molecule has 84 valence electrons. The van der Waals surface area contributed by atoms with Gasteiger partial charge in [0.2, 0.25) is 0 Å². The lowest BCUT2D eigenvalue weighted by molar-refractivity contribution is 0.472. The van der Waals surface area contributed by atoms with Gasteiger partial charge in [-0.2, -0.15) is 0 Å². The first kappa shape index (κ1) is 11.6. The summed E-state index contributed by atoms with van der Waals surface area (Å²) in [6, 6.07) is 2.20. The van der Waals surface area contributed by atoms with Gasteiger partial charge in [0.05, 0.1) is 0 Å². The average molecular weight is 288 g/mol. The standard InChI is InChI=1S/C12H18BrNS/c1-9-2-3-10(4-9)6-14-7-12-5-11(13)8-15-12/h5,8-10,14H,2-4,6-7H2,1H3. The summed E-state index contributed by atoms with van der Waals surface area (Å²) in [6.07, 6.45) is 4.26. The molecule has 0 aliphatic heterocycles. The van der Waals surface area contributed by atoms with Crippen molar-refractivity contribution >= 4 is 27.3 Å². The van der Waals surface area contributed by atoms with E-state index >= 15 is 0 Å². The van der Waals surface area contributed by atoms with E-state index in [0.717, 1.165) is 18.4 Å². The average Bonchev–Trinajstić information content (AvgIpc) is 2.76. The number of nitrogens with one attached hydrogen (secondary N) is 1. The largest absolute Gasteiger partial charge is 0.312 e. The summed E-state index contributed by atoms with van der Waals surface area (Å²) in [5.41, 5.74) is 0. The van der Waals surface area contributed by atoms with Gasteiger partial charge in [-0.25, -0.2) is 0 Å². The lowest BCUT2D eigenvalue weighted by Crippen LogP contribution is -2.20. The van der Waals surface area contributed by atoms with Crippen LogP contribution in [-0.4, -0.2) is 6.54 Å². The summed E-state index contributed by atoms with van der Waals surface area (Å²) in [4.78, 5) is 1.42. The fourth-order valence-electron chi connectivity index (χ4n) is 2.36. The van der Waals surface area contributed by atoms with Gasteiger partial charge < -0.3 is 5.32 Å². The van der Waals surface area contributed by atoms with Crippen molar-refractivity contribution in [3.05, 3.63) is 20.8 Å². The molecule has 1 fully saturated rings. The van der Waals surface area contributed by atoms with Crippen molar-refractivity contribution < 1.29 is 0 Å². The minimum atomic E-state index is 0.920.